The number of hydrogen-bond acceptors (Lipinski definition) is 6. The summed E-state index contributed by atoms with van der Waals surface area (Å²) in [5.74, 6) is -0.656. The number of thiophene rings is 1. The van der Waals surface area contributed by atoms with Gasteiger partial charge < -0.3 is 9.84 Å². The highest BCUT2D eigenvalue weighted by Gasteiger charge is 2.36. The first-order valence-electron chi connectivity index (χ1n) is 5.72. The van der Waals surface area contributed by atoms with E-state index >= 15 is 0 Å². The number of β-amino-alcohol motifs (C(OH)–C–C–N with tert-alkyl or cyclic N) is 1. The normalized spacial score (nSPS) is 20.7. The van der Waals surface area contributed by atoms with E-state index in [1.54, 1.807) is 12.3 Å². The molecule has 1 aromatic rings. The molecule has 1 aliphatic heterocycles. The van der Waals surface area contributed by atoms with Crippen molar-refractivity contribution in [2.24, 2.45) is 0 Å². The van der Waals surface area contributed by atoms with E-state index in [1.165, 1.54) is 11.4 Å². The Morgan fingerprint density at radius 1 is 1.58 bits per heavy atom. The van der Waals surface area contributed by atoms with Crippen molar-refractivity contribution in [2.75, 3.05) is 20.2 Å². The minimum Gasteiger partial charge on any atom is -0.465 e. The molecule has 0 radical (unpaired) electrons. The van der Waals surface area contributed by atoms with Crippen LogP contribution in [0.5, 0.6) is 0 Å². The van der Waals surface area contributed by atoms with Crippen molar-refractivity contribution >= 4 is 27.3 Å². The molecular weight excluding hydrogens is 290 g/mol. The van der Waals surface area contributed by atoms with Gasteiger partial charge in [0.05, 0.1) is 13.2 Å². The second kappa shape index (κ2) is 5.20. The number of aliphatic hydroxyl groups is 1. The van der Waals surface area contributed by atoms with Gasteiger partial charge >= 0.3 is 5.97 Å². The highest BCUT2D eigenvalue weighted by atomic mass is 32.2. The number of carbonyl (C=O) groups is 1. The maximum absolute atomic E-state index is 12.5. The first-order chi connectivity index (χ1) is 8.87. The summed E-state index contributed by atoms with van der Waals surface area (Å²) in [6, 6.07) is 0. The van der Waals surface area contributed by atoms with Gasteiger partial charge in [-0.3, -0.25) is 0 Å². The zero-order valence-electron chi connectivity index (χ0n) is 10.6. The van der Waals surface area contributed by atoms with Crippen molar-refractivity contribution < 1.29 is 23.1 Å². The Morgan fingerprint density at radius 3 is 2.79 bits per heavy atom. The number of ether oxygens (including phenoxy) is 1. The Bertz CT molecular complexity index is 592. The standard InChI is InChI=1S/C11H15NO5S2/c1-7-6-18-9(11(14)17-2)10(7)19(15,16)12-4-3-8(13)5-12/h6,8,13H,3-5H2,1-2H3. The molecule has 1 aliphatic rings. The van der Waals surface area contributed by atoms with Crippen LogP contribution in [0.25, 0.3) is 0 Å². The molecule has 106 valence electrons. The number of aryl methyl sites for hydroxylation is 1. The molecule has 8 heteroatoms. The summed E-state index contributed by atoms with van der Waals surface area (Å²) in [6.07, 6.45) is -0.231. The fourth-order valence-corrected chi connectivity index (χ4v) is 5.20. The fraction of sp³-hybridized carbons (Fsp3) is 0.545. The summed E-state index contributed by atoms with van der Waals surface area (Å²) < 4.78 is 30.8. The molecule has 0 spiro atoms. The van der Waals surface area contributed by atoms with E-state index in [1.807, 2.05) is 0 Å². The quantitative estimate of drug-likeness (QED) is 0.827. The zero-order valence-corrected chi connectivity index (χ0v) is 12.3. The molecule has 6 nitrogen and oxygen atoms in total. The Balaban J connectivity index is 2.46. The van der Waals surface area contributed by atoms with Crippen LogP contribution in [0, 0.1) is 6.92 Å². The lowest BCUT2D eigenvalue weighted by Gasteiger charge is -2.16. The number of rotatable bonds is 3. The van der Waals surface area contributed by atoms with E-state index in [0.717, 1.165) is 11.3 Å². The Morgan fingerprint density at radius 2 is 2.26 bits per heavy atom. The summed E-state index contributed by atoms with van der Waals surface area (Å²) in [7, 11) is -2.55. The van der Waals surface area contributed by atoms with E-state index in [4.69, 9.17) is 0 Å². The number of carbonyl (C=O) groups excluding carboxylic acids is 1. The maximum atomic E-state index is 12.5. The predicted octanol–water partition coefficient (Wildman–Crippen LogP) is 0.598. The molecule has 1 atom stereocenters. The molecule has 0 aliphatic carbocycles. The molecule has 0 aromatic carbocycles. The van der Waals surface area contributed by atoms with Crippen molar-refractivity contribution in [1.82, 2.24) is 4.31 Å². The monoisotopic (exact) mass is 305 g/mol. The van der Waals surface area contributed by atoms with Crippen LogP contribution in [-0.4, -0.2) is 50.1 Å². The van der Waals surface area contributed by atoms with Crippen molar-refractivity contribution in [3.8, 4) is 0 Å². The average Bonchev–Trinajstić information content (AvgIpc) is 2.95. The maximum Gasteiger partial charge on any atom is 0.349 e. The number of esters is 1. The lowest BCUT2D eigenvalue weighted by Crippen LogP contribution is -2.30. The van der Waals surface area contributed by atoms with Gasteiger partial charge in [0, 0.05) is 13.1 Å². The van der Waals surface area contributed by atoms with Gasteiger partial charge in [0.15, 0.2) is 0 Å². The van der Waals surface area contributed by atoms with E-state index in [2.05, 4.69) is 4.74 Å². The highest BCUT2D eigenvalue weighted by Crippen LogP contribution is 2.31. The zero-order chi connectivity index (χ0) is 14.2. The number of aliphatic hydroxyl groups excluding tert-OH is 1. The number of sulfonamides is 1. The molecule has 2 rings (SSSR count). The van der Waals surface area contributed by atoms with Gasteiger partial charge in [-0.25, -0.2) is 13.2 Å². The second-order valence-corrected chi connectivity index (χ2v) is 7.13. The number of hydrogen-bond donors (Lipinski definition) is 1. The molecule has 0 saturated carbocycles. The molecule has 1 N–H and O–H groups in total. The first-order valence-corrected chi connectivity index (χ1v) is 8.04. The van der Waals surface area contributed by atoms with E-state index in [0.29, 0.717) is 12.0 Å². The van der Waals surface area contributed by atoms with Gasteiger partial charge in [-0.05, 0) is 24.3 Å². The minimum atomic E-state index is -3.76. The van der Waals surface area contributed by atoms with Crippen LogP contribution in [0.3, 0.4) is 0 Å². The van der Waals surface area contributed by atoms with Gasteiger partial charge in [0.1, 0.15) is 9.77 Å². The number of nitrogens with zero attached hydrogens (tertiary/aromatic N) is 1. The third kappa shape index (κ3) is 2.53. The van der Waals surface area contributed by atoms with Crippen molar-refractivity contribution in [3.63, 3.8) is 0 Å². The largest absolute Gasteiger partial charge is 0.465 e. The van der Waals surface area contributed by atoms with Crippen LogP contribution in [0.1, 0.15) is 21.7 Å². The van der Waals surface area contributed by atoms with Gasteiger partial charge in [-0.2, -0.15) is 4.31 Å². The SMILES string of the molecule is COC(=O)c1scc(C)c1S(=O)(=O)N1CCC(O)C1. The van der Waals surface area contributed by atoms with Crippen LogP contribution < -0.4 is 0 Å². The average molecular weight is 305 g/mol. The molecule has 1 saturated heterocycles. The molecule has 1 unspecified atom stereocenters. The van der Waals surface area contributed by atoms with Crippen LogP contribution in [0.15, 0.2) is 10.3 Å². The van der Waals surface area contributed by atoms with E-state index in [9.17, 15) is 18.3 Å². The highest BCUT2D eigenvalue weighted by molar-refractivity contribution is 7.89. The van der Waals surface area contributed by atoms with Gasteiger partial charge in [0.2, 0.25) is 10.0 Å². The first kappa shape index (κ1) is 14.4. The third-order valence-electron chi connectivity index (χ3n) is 3.01. The Hall–Kier alpha value is -0.960. The lowest BCUT2D eigenvalue weighted by molar-refractivity contribution is 0.0602. The third-order valence-corrected chi connectivity index (χ3v) is 6.27. The number of methoxy groups -OCH3 is 1. The van der Waals surface area contributed by atoms with Crippen LogP contribution in [0.2, 0.25) is 0 Å². The van der Waals surface area contributed by atoms with E-state index in [-0.39, 0.29) is 22.9 Å². The molecular formula is C11H15NO5S2. The van der Waals surface area contributed by atoms with Crippen LogP contribution in [0.4, 0.5) is 0 Å². The molecule has 0 amide bonds. The van der Waals surface area contributed by atoms with Gasteiger partial charge in [0.25, 0.3) is 0 Å². The summed E-state index contributed by atoms with van der Waals surface area (Å²) in [4.78, 5) is 11.7. The summed E-state index contributed by atoms with van der Waals surface area (Å²) in [6.45, 7) is 1.97. The fourth-order valence-electron chi connectivity index (χ4n) is 2.05. The molecule has 0 bridgehead atoms. The molecule has 1 fully saturated rings. The van der Waals surface area contributed by atoms with Crippen LogP contribution >= 0.6 is 11.3 Å². The smallest absolute Gasteiger partial charge is 0.349 e. The molecule has 19 heavy (non-hydrogen) atoms. The Labute approximate surface area is 115 Å². The lowest BCUT2D eigenvalue weighted by atomic mass is 10.3. The van der Waals surface area contributed by atoms with E-state index < -0.39 is 22.1 Å². The van der Waals surface area contributed by atoms with Crippen molar-refractivity contribution in [2.45, 2.75) is 24.3 Å². The minimum absolute atomic E-state index is 0.00144. The molecule has 2 heterocycles. The predicted molar refractivity (Wildman–Crippen MR) is 69.8 cm³/mol. The second-order valence-electron chi connectivity index (χ2n) is 4.37. The molecule has 1 aromatic heterocycles. The summed E-state index contributed by atoms with van der Waals surface area (Å²) >= 11 is 1.05. The Kier molecular flexibility index (Phi) is 3.95. The van der Waals surface area contributed by atoms with Gasteiger partial charge in [-0.15, -0.1) is 11.3 Å². The summed E-state index contributed by atoms with van der Waals surface area (Å²) in [5, 5.41) is 11.1. The van der Waals surface area contributed by atoms with Gasteiger partial charge in [-0.1, -0.05) is 0 Å². The van der Waals surface area contributed by atoms with Crippen molar-refractivity contribution in [3.05, 3.63) is 15.8 Å². The van der Waals surface area contributed by atoms with Crippen molar-refractivity contribution in [1.29, 1.82) is 0 Å². The topological polar surface area (TPSA) is 83.9 Å². The van der Waals surface area contributed by atoms with Crippen LogP contribution in [-0.2, 0) is 14.8 Å². The summed E-state index contributed by atoms with van der Waals surface area (Å²) in [5.41, 5.74) is 0.520.